The van der Waals surface area contributed by atoms with Gasteiger partial charge >= 0.3 is 0 Å². The number of fused-ring (bicyclic) bond motifs is 6. The number of aryl methyl sites for hydroxylation is 1. The number of benzene rings is 7. The fourth-order valence-corrected chi connectivity index (χ4v) is 8.10. The molecule has 0 spiro atoms. The summed E-state index contributed by atoms with van der Waals surface area (Å²) >= 11 is 0. The highest BCUT2D eigenvalue weighted by molar-refractivity contribution is 6.10. The maximum Gasteiger partial charge on any atom is 0.0714 e. The molecular weight excluding hydrogens is 555 g/mol. The molecule has 8 aromatic rings. The van der Waals surface area contributed by atoms with Crippen molar-refractivity contribution in [3.63, 3.8) is 0 Å². The van der Waals surface area contributed by atoms with Crippen LogP contribution in [0, 0.1) is 0 Å². The Morgan fingerprint density at radius 2 is 1.07 bits per heavy atom. The van der Waals surface area contributed by atoms with Crippen LogP contribution in [0.2, 0.25) is 0 Å². The van der Waals surface area contributed by atoms with Crippen LogP contribution < -0.4 is 0 Å². The molecule has 1 aromatic heterocycles. The van der Waals surface area contributed by atoms with Gasteiger partial charge in [0.1, 0.15) is 0 Å². The summed E-state index contributed by atoms with van der Waals surface area (Å²) in [6, 6.07) is 62.9. The lowest BCUT2D eigenvalue weighted by Crippen LogP contribution is -2.28. The van der Waals surface area contributed by atoms with Crippen LogP contribution in [0.4, 0.5) is 0 Å². The molecular formula is C45H33N. The van der Waals surface area contributed by atoms with E-state index >= 15 is 0 Å². The first-order valence-corrected chi connectivity index (χ1v) is 16.3. The first-order chi connectivity index (χ1) is 22.8. The largest absolute Gasteiger partial charge is 0.309 e. The molecule has 0 unspecified atom stereocenters. The van der Waals surface area contributed by atoms with Crippen LogP contribution in [-0.2, 0) is 11.8 Å². The van der Waals surface area contributed by atoms with Crippen LogP contribution in [0.15, 0.2) is 170 Å². The van der Waals surface area contributed by atoms with Crippen molar-refractivity contribution in [2.45, 2.75) is 18.8 Å². The number of hydrogen-bond donors (Lipinski definition) is 0. The third kappa shape index (κ3) is 3.75. The highest BCUT2D eigenvalue weighted by Gasteiger charge is 2.46. The molecule has 0 aliphatic heterocycles. The lowest BCUT2D eigenvalue weighted by molar-refractivity contribution is 0.767. The van der Waals surface area contributed by atoms with E-state index in [1.54, 1.807) is 0 Å². The van der Waals surface area contributed by atoms with E-state index in [-0.39, 0.29) is 0 Å². The van der Waals surface area contributed by atoms with Gasteiger partial charge in [0.25, 0.3) is 0 Å². The normalized spacial score (nSPS) is 13.2. The van der Waals surface area contributed by atoms with Crippen molar-refractivity contribution in [1.29, 1.82) is 0 Å². The van der Waals surface area contributed by atoms with Crippen LogP contribution in [-0.4, -0.2) is 4.57 Å². The van der Waals surface area contributed by atoms with Gasteiger partial charge in [-0.2, -0.15) is 0 Å². The average molecular weight is 588 g/mol. The lowest BCUT2D eigenvalue weighted by atomic mass is 9.67. The molecule has 46 heavy (non-hydrogen) atoms. The molecule has 1 aliphatic rings. The predicted molar refractivity (Wildman–Crippen MR) is 193 cm³/mol. The third-order valence-electron chi connectivity index (χ3n) is 10.1. The Balaban J connectivity index is 1.36. The molecule has 9 rings (SSSR count). The fourth-order valence-electron chi connectivity index (χ4n) is 8.10. The van der Waals surface area contributed by atoms with Crippen molar-refractivity contribution in [3.05, 3.63) is 198 Å². The topological polar surface area (TPSA) is 4.93 Å². The Morgan fingerprint density at radius 1 is 0.457 bits per heavy atom. The molecule has 218 valence electrons. The smallest absolute Gasteiger partial charge is 0.0714 e. The lowest BCUT2D eigenvalue weighted by Gasteiger charge is -2.34. The zero-order chi connectivity index (χ0) is 30.7. The number of aromatic nitrogens is 1. The van der Waals surface area contributed by atoms with E-state index in [0.717, 1.165) is 6.42 Å². The van der Waals surface area contributed by atoms with E-state index in [4.69, 9.17) is 0 Å². The first kappa shape index (κ1) is 26.7. The second-order valence-electron chi connectivity index (χ2n) is 12.4. The van der Waals surface area contributed by atoms with Crippen molar-refractivity contribution >= 4 is 21.8 Å². The SMILES string of the molecule is CCc1ccccc1-c1ccc2c3ccccc3n(-c3ccc4c(c3)C(c3ccccc3)(c3ccccc3)c3ccccc3-4)c2c1. The number of nitrogens with zero attached hydrogens (tertiary/aromatic N) is 1. The quantitative estimate of drug-likeness (QED) is 0.189. The molecule has 0 N–H and O–H groups in total. The number of para-hydroxylation sites is 1. The molecule has 0 bridgehead atoms. The minimum atomic E-state index is -0.436. The first-order valence-electron chi connectivity index (χ1n) is 16.3. The van der Waals surface area contributed by atoms with Crippen LogP contribution in [0.3, 0.4) is 0 Å². The fraction of sp³-hybridized carbons (Fsp3) is 0.0667. The Bertz CT molecular complexity index is 2360. The van der Waals surface area contributed by atoms with Crippen LogP contribution >= 0.6 is 0 Å². The van der Waals surface area contributed by atoms with Gasteiger partial charge < -0.3 is 4.57 Å². The van der Waals surface area contributed by atoms with Crippen molar-refractivity contribution in [2.24, 2.45) is 0 Å². The second-order valence-corrected chi connectivity index (χ2v) is 12.4. The molecule has 0 amide bonds. The highest BCUT2D eigenvalue weighted by atomic mass is 15.0. The minimum absolute atomic E-state index is 0.436. The van der Waals surface area contributed by atoms with Crippen molar-refractivity contribution < 1.29 is 0 Å². The summed E-state index contributed by atoms with van der Waals surface area (Å²) in [5, 5.41) is 2.54. The summed E-state index contributed by atoms with van der Waals surface area (Å²) < 4.78 is 2.48. The summed E-state index contributed by atoms with van der Waals surface area (Å²) in [6.45, 7) is 2.24. The van der Waals surface area contributed by atoms with Crippen LogP contribution in [0.1, 0.15) is 34.7 Å². The predicted octanol–water partition coefficient (Wildman–Crippen LogP) is 11.4. The van der Waals surface area contributed by atoms with Gasteiger partial charge in [-0.25, -0.2) is 0 Å². The van der Waals surface area contributed by atoms with Crippen molar-refractivity contribution in [3.8, 4) is 27.9 Å². The number of rotatable bonds is 5. The monoisotopic (exact) mass is 587 g/mol. The molecule has 0 fully saturated rings. The molecule has 1 nitrogen and oxygen atoms in total. The molecule has 1 heterocycles. The molecule has 0 saturated heterocycles. The second kappa shape index (κ2) is 10.5. The zero-order valence-electron chi connectivity index (χ0n) is 25.8. The van der Waals surface area contributed by atoms with Gasteiger partial charge in [-0.15, -0.1) is 0 Å². The van der Waals surface area contributed by atoms with Crippen molar-refractivity contribution in [2.75, 3.05) is 0 Å². The van der Waals surface area contributed by atoms with Gasteiger partial charge in [0, 0.05) is 16.5 Å². The molecule has 1 heteroatoms. The van der Waals surface area contributed by atoms with E-state index in [1.165, 1.54) is 77.6 Å². The average Bonchev–Trinajstić information content (AvgIpc) is 3.62. The summed E-state index contributed by atoms with van der Waals surface area (Å²) in [6.07, 6.45) is 1.00. The van der Waals surface area contributed by atoms with Crippen molar-refractivity contribution in [1.82, 2.24) is 4.57 Å². The summed E-state index contributed by atoms with van der Waals surface area (Å²) in [5.41, 5.74) is 14.9. The molecule has 7 aromatic carbocycles. The maximum absolute atomic E-state index is 2.48. The van der Waals surface area contributed by atoms with E-state index in [0.29, 0.717) is 0 Å². The van der Waals surface area contributed by atoms with Gasteiger partial charge in [0.05, 0.1) is 16.4 Å². The number of hydrogen-bond acceptors (Lipinski definition) is 0. The Labute approximate surface area is 270 Å². The van der Waals surface area contributed by atoms with E-state index in [2.05, 4.69) is 181 Å². The summed E-state index contributed by atoms with van der Waals surface area (Å²) in [5.74, 6) is 0. The Kier molecular flexibility index (Phi) is 6.08. The van der Waals surface area contributed by atoms with Gasteiger partial charge in [-0.3, -0.25) is 0 Å². The van der Waals surface area contributed by atoms with Gasteiger partial charge in [-0.1, -0.05) is 153 Å². The highest BCUT2D eigenvalue weighted by Crippen LogP contribution is 2.56. The summed E-state index contributed by atoms with van der Waals surface area (Å²) in [4.78, 5) is 0. The van der Waals surface area contributed by atoms with Gasteiger partial charge in [0.15, 0.2) is 0 Å². The Morgan fingerprint density at radius 3 is 1.83 bits per heavy atom. The minimum Gasteiger partial charge on any atom is -0.309 e. The van der Waals surface area contributed by atoms with Crippen LogP contribution in [0.25, 0.3) is 49.7 Å². The molecule has 0 saturated carbocycles. The third-order valence-corrected chi connectivity index (χ3v) is 10.1. The standard InChI is InChI=1S/C45H33N/c1-2-31-15-9-10-20-36(31)32-25-27-40-39-22-12-14-24-43(39)46(44(40)29-32)35-26-28-38-37-21-11-13-23-41(37)45(42(38)30-35,33-16-5-3-6-17-33)34-18-7-4-8-19-34/h3-30H,2H2,1H3. The van der Waals surface area contributed by atoms with Crippen LogP contribution in [0.5, 0.6) is 0 Å². The van der Waals surface area contributed by atoms with E-state index in [9.17, 15) is 0 Å². The zero-order valence-corrected chi connectivity index (χ0v) is 25.8. The molecule has 0 atom stereocenters. The maximum atomic E-state index is 2.48. The van der Waals surface area contributed by atoms with E-state index < -0.39 is 5.41 Å². The molecule has 1 aliphatic carbocycles. The van der Waals surface area contributed by atoms with Gasteiger partial charge in [0.2, 0.25) is 0 Å². The van der Waals surface area contributed by atoms with E-state index in [1.807, 2.05) is 0 Å². The Hall–Kier alpha value is -5.66. The van der Waals surface area contributed by atoms with Gasteiger partial charge in [-0.05, 0) is 80.8 Å². The summed E-state index contributed by atoms with van der Waals surface area (Å²) in [7, 11) is 0. The molecule has 0 radical (unpaired) electrons.